The lowest BCUT2D eigenvalue weighted by Gasteiger charge is -2.01. The van der Waals surface area contributed by atoms with Crippen molar-refractivity contribution in [1.29, 1.82) is 0 Å². The highest BCUT2D eigenvalue weighted by Crippen LogP contribution is 2.27. The Morgan fingerprint density at radius 3 is 2.90 bits per heavy atom. The van der Waals surface area contributed by atoms with Gasteiger partial charge in [0, 0.05) is 30.1 Å². The van der Waals surface area contributed by atoms with Gasteiger partial charge >= 0.3 is 0 Å². The van der Waals surface area contributed by atoms with Crippen LogP contribution < -0.4 is 5.32 Å². The third-order valence-electron chi connectivity index (χ3n) is 2.80. The highest BCUT2D eigenvalue weighted by atomic mass is 79.9. The SMILES string of the molecule is COCCNCCCc1nnc(-c2cc(F)cc(Br)c2)s1. The summed E-state index contributed by atoms with van der Waals surface area (Å²) in [7, 11) is 1.69. The number of nitrogens with one attached hydrogen (secondary N) is 1. The molecule has 0 saturated carbocycles. The zero-order chi connectivity index (χ0) is 15.1. The second kappa shape index (κ2) is 8.53. The number of nitrogens with zero attached hydrogens (tertiary/aromatic N) is 2. The number of hydrogen-bond donors (Lipinski definition) is 1. The van der Waals surface area contributed by atoms with E-state index in [9.17, 15) is 4.39 Å². The predicted molar refractivity (Wildman–Crippen MR) is 86.1 cm³/mol. The normalized spacial score (nSPS) is 11.0. The molecule has 1 aromatic heterocycles. The molecule has 2 rings (SSSR count). The Bertz CT molecular complexity index is 559. The van der Waals surface area contributed by atoms with Gasteiger partial charge in [-0.15, -0.1) is 10.2 Å². The van der Waals surface area contributed by atoms with E-state index in [1.165, 1.54) is 23.5 Å². The van der Waals surface area contributed by atoms with Gasteiger partial charge in [0.25, 0.3) is 0 Å². The second-order valence-electron chi connectivity index (χ2n) is 4.51. The molecule has 0 atom stereocenters. The molecule has 0 aliphatic carbocycles. The van der Waals surface area contributed by atoms with Gasteiger partial charge in [0.05, 0.1) is 6.61 Å². The molecule has 21 heavy (non-hydrogen) atoms. The van der Waals surface area contributed by atoms with Crippen molar-refractivity contribution in [2.24, 2.45) is 0 Å². The molecule has 0 saturated heterocycles. The number of benzene rings is 1. The van der Waals surface area contributed by atoms with E-state index < -0.39 is 0 Å². The fraction of sp³-hybridized carbons (Fsp3) is 0.429. The Hall–Kier alpha value is -0.890. The van der Waals surface area contributed by atoms with Crippen LogP contribution in [0, 0.1) is 5.82 Å². The van der Waals surface area contributed by atoms with Crippen LogP contribution in [0.1, 0.15) is 11.4 Å². The third-order valence-corrected chi connectivity index (χ3v) is 4.29. The lowest BCUT2D eigenvalue weighted by molar-refractivity contribution is 0.199. The van der Waals surface area contributed by atoms with E-state index in [0.29, 0.717) is 4.47 Å². The van der Waals surface area contributed by atoms with Crippen LogP contribution in [0.2, 0.25) is 0 Å². The molecule has 7 heteroatoms. The predicted octanol–water partition coefficient (Wildman–Crippen LogP) is 3.28. The first kappa shape index (κ1) is 16.5. The van der Waals surface area contributed by atoms with Crippen molar-refractivity contribution >= 4 is 27.3 Å². The number of methoxy groups -OCH3 is 1. The summed E-state index contributed by atoms with van der Waals surface area (Å²) < 4.78 is 19.0. The van der Waals surface area contributed by atoms with Crippen molar-refractivity contribution < 1.29 is 9.13 Å². The maximum atomic E-state index is 13.4. The van der Waals surface area contributed by atoms with Gasteiger partial charge in [-0.05, 0) is 31.2 Å². The van der Waals surface area contributed by atoms with Crippen molar-refractivity contribution in [3.63, 3.8) is 0 Å². The summed E-state index contributed by atoms with van der Waals surface area (Å²) in [5.41, 5.74) is 0.754. The van der Waals surface area contributed by atoms with Crippen molar-refractivity contribution in [2.75, 3.05) is 26.8 Å². The molecule has 0 amide bonds. The minimum absolute atomic E-state index is 0.279. The molecule has 0 aliphatic rings. The number of halogens is 2. The van der Waals surface area contributed by atoms with E-state index in [2.05, 4.69) is 31.4 Å². The van der Waals surface area contributed by atoms with E-state index >= 15 is 0 Å². The average Bonchev–Trinajstić information content (AvgIpc) is 2.90. The van der Waals surface area contributed by atoms with Gasteiger partial charge in [-0.1, -0.05) is 27.3 Å². The fourth-order valence-corrected chi connectivity index (χ4v) is 3.15. The summed E-state index contributed by atoms with van der Waals surface area (Å²) in [6.07, 6.45) is 1.86. The van der Waals surface area contributed by atoms with E-state index in [1.54, 1.807) is 7.11 Å². The minimum atomic E-state index is -0.279. The van der Waals surface area contributed by atoms with Gasteiger partial charge in [0.2, 0.25) is 0 Å². The molecular formula is C14H17BrFN3OS. The Morgan fingerprint density at radius 1 is 1.29 bits per heavy atom. The summed E-state index contributed by atoms with van der Waals surface area (Å²) in [6.45, 7) is 2.50. The minimum Gasteiger partial charge on any atom is -0.383 e. The monoisotopic (exact) mass is 373 g/mol. The van der Waals surface area contributed by atoms with Crippen molar-refractivity contribution in [3.05, 3.63) is 33.5 Å². The zero-order valence-corrected chi connectivity index (χ0v) is 14.1. The van der Waals surface area contributed by atoms with Crippen LogP contribution in [0.15, 0.2) is 22.7 Å². The zero-order valence-electron chi connectivity index (χ0n) is 11.7. The number of aryl methyl sites for hydroxylation is 1. The maximum Gasteiger partial charge on any atom is 0.147 e. The average molecular weight is 374 g/mol. The first-order valence-corrected chi connectivity index (χ1v) is 8.28. The van der Waals surface area contributed by atoms with Gasteiger partial charge in [-0.3, -0.25) is 0 Å². The quantitative estimate of drug-likeness (QED) is 0.721. The van der Waals surface area contributed by atoms with Crippen molar-refractivity contribution in [3.8, 4) is 10.6 Å². The van der Waals surface area contributed by atoms with Gasteiger partial charge in [0.15, 0.2) is 0 Å². The highest BCUT2D eigenvalue weighted by molar-refractivity contribution is 9.10. The van der Waals surface area contributed by atoms with Gasteiger partial charge < -0.3 is 10.1 Å². The standard InChI is InChI=1S/C14H17BrFN3OS/c1-20-6-5-17-4-2-3-13-18-19-14(21-13)10-7-11(15)9-12(16)8-10/h7-9,17H,2-6H2,1H3. The van der Waals surface area contributed by atoms with E-state index in [0.717, 1.165) is 48.1 Å². The third kappa shape index (κ3) is 5.43. The Balaban J connectivity index is 1.86. The lowest BCUT2D eigenvalue weighted by atomic mass is 10.2. The molecule has 0 bridgehead atoms. The Labute approximate surface area is 135 Å². The fourth-order valence-electron chi connectivity index (χ4n) is 1.81. The van der Waals surface area contributed by atoms with Gasteiger partial charge in [0.1, 0.15) is 15.8 Å². The molecule has 1 aromatic carbocycles. The number of ether oxygens (including phenoxy) is 1. The molecule has 0 fully saturated rings. The molecule has 0 aliphatic heterocycles. The molecule has 0 unspecified atom stereocenters. The summed E-state index contributed by atoms with van der Waals surface area (Å²) in [6, 6.07) is 4.75. The molecular weight excluding hydrogens is 357 g/mol. The summed E-state index contributed by atoms with van der Waals surface area (Å²) >= 11 is 4.80. The van der Waals surface area contributed by atoms with Crippen LogP contribution in [-0.4, -0.2) is 37.0 Å². The van der Waals surface area contributed by atoms with Crippen LogP contribution in [0.4, 0.5) is 4.39 Å². The van der Waals surface area contributed by atoms with Crippen LogP contribution in [-0.2, 0) is 11.2 Å². The molecule has 114 valence electrons. The number of rotatable bonds is 8. The Kier molecular flexibility index (Phi) is 6.69. The molecule has 1 heterocycles. The summed E-state index contributed by atoms with van der Waals surface area (Å²) in [5, 5.41) is 13.3. The van der Waals surface area contributed by atoms with Gasteiger partial charge in [-0.25, -0.2) is 4.39 Å². The molecule has 0 spiro atoms. The van der Waals surface area contributed by atoms with Crippen LogP contribution >= 0.6 is 27.3 Å². The molecule has 2 aromatic rings. The highest BCUT2D eigenvalue weighted by Gasteiger charge is 2.08. The lowest BCUT2D eigenvalue weighted by Crippen LogP contribution is -2.20. The largest absolute Gasteiger partial charge is 0.383 e. The smallest absolute Gasteiger partial charge is 0.147 e. The maximum absolute atomic E-state index is 13.4. The molecule has 1 N–H and O–H groups in total. The van der Waals surface area contributed by atoms with E-state index in [1.807, 2.05) is 6.07 Å². The first-order chi connectivity index (χ1) is 10.2. The molecule has 4 nitrogen and oxygen atoms in total. The van der Waals surface area contributed by atoms with Crippen LogP contribution in [0.25, 0.3) is 10.6 Å². The van der Waals surface area contributed by atoms with E-state index in [4.69, 9.17) is 4.74 Å². The molecule has 0 radical (unpaired) electrons. The topological polar surface area (TPSA) is 47.0 Å². The first-order valence-electron chi connectivity index (χ1n) is 6.67. The van der Waals surface area contributed by atoms with Crippen LogP contribution in [0.5, 0.6) is 0 Å². The van der Waals surface area contributed by atoms with Crippen molar-refractivity contribution in [1.82, 2.24) is 15.5 Å². The summed E-state index contributed by atoms with van der Waals surface area (Å²) in [5.74, 6) is -0.279. The number of aromatic nitrogens is 2. The Morgan fingerprint density at radius 2 is 2.14 bits per heavy atom. The van der Waals surface area contributed by atoms with E-state index in [-0.39, 0.29) is 5.82 Å². The van der Waals surface area contributed by atoms with Crippen LogP contribution in [0.3, 0.4) is 0 Å². The van der Waals surface area contributed by atoms with Crippen molar-refractivity contribution in [2.45, 2.75) is 12.8 Å². The van der Waals surface area contributed by atoms with Gasteiger partial charge in [-0.2, -0.15) is 0 Å². The second-order valence-corrected chi connectivity index (χ2v) is 6.48. The number of hydrogen-bond acceptors (Lipinski definition) is 5. The summed E-state index contributed by atoms with van der Waals surface area (Å²) in [4.78, 5) is 0.